The molecule has 1 aromatic rings. The summed E-state index contributed by atoms with van der Waals surface area (Å²) in [6, 6.07) is 6.15. The van der Waals surface area contributed by atoms with Crippen molar-refractivity contribution in [3.8, 4) is 0 Å². The van der Waals surface area contributed by atoms with E-state index in [0.29, 0.717) is 11.2 Å². The van der Waals surface area contributed by atoms with Crippen molar-refractivity contribution in [1.29, 1.82) is 0 Å². The Morgan fingerprint density at radius 2 is 1.95 bits per heavy atom. The molecule has 0 amide bonds. The average molecular weight is 299 g/mol. The molecule has 2 nitrogen and oxygen atoms in total. The lowest BCUT2D eigenvalue weighted by Gasteiger charge is -2.18. The summed E-state index contributed by atoms with van der Waals surface area (Å²) in [4.78, 5) is 0. The first-order valence-corrected chi connectivity index (χ1v) is 7.51. The van der Waals surface area contributed by atoms with Gasteiger partial charge < -0.3 is 10.6 Å². The van der Waals surface area contributed by atoms with E-state index in [2.05, 4.69) is 31.4 Å². The molecule has 0 heterocycles. The van der Waals surface area contributed by atoms with E-state index >= 15 is 0 Å². The summed E-state index contributed by atoms with van der Waals surface area (Å²) < 4.78 is 0. The fourth-order valence-electron chi connectivity index (χ4n) is 1.78. The molecule has 0 aliphatic rings. The Bertz CT molecular complexity index is 432. The van der Waals surface area contributed by atoms with Crippen LogP contribution in [0.2, 0.25) is 5.02 Å². The van der Waals surface area contributed by atoms with Crippen LogP contribution in [0.4, 0.5) is 5.69 Å². The van der Waals surface area contributed by atoms with Gasteiger partial charge in [0, 0.05) is 16.8 Å². The second kappa shape index (κ2) is 7.71. The van der Waals surface area contributed by atoms with Gasteiger partial charge in [-0.2, -0.15) is 0 Å². The van der Waals surface area contributed by atoms with Crippen molar-refractivity contribution in [3.05, 3.63) is 28.8 Å². The van der Waals surface area contributed by atoms with Crippen LogP contribution < -0.4 is 10.6 Å². The Labute approximate surface area is 126 Å². The first kappa shape index (κ1) is 16.3. The van der Waals surface area contributed by atoms with Gasteiger partial charge in [-0.05, 0) is 62.5 Å². The van der Waals surface area contributed by atoms with Crippen LogP contribution in [-0.4, -0.2) is 11.2 Å². The first-order chi connectivity index (χ1) is 8.90. The Kier molecular flexibility index (Phi) is 6.59. The van der Waals surface area contributed by atoms with Gasteiger partial charge in [0.1, 0.15) is 0 Å². The van der Waals surface area contributed by atoms with Crippen LogP contribution in [-0.2, 0) is 0 Å². The van der Waals surface area contributed by atoms with E-state index in [-0.39, 0.29) is 0 Å². The highest BCUT2D eigenvalue weighted by atomic mass is 35.5. The molecule has 1 rings (SSSR count). The van der Waals surface area contributed by atoms with Gasteiger partial charge in [-0.15, -0.1) is 0 Å². The molecule has 2 N–H and O–H groups in total. The number of benzene rings is 1. The molecule has 0 spiro atoms. The summed E-state index contributed by atoms with van der Waals surface area (Å²) in [5.74, 6) is 0.723. The zero-order valence-electron chi connectivity index (χ0n) is 12.1. The van der Waals surface area contributed by atoms with Crippen molar-refractivity contribution < 1.29 is 0 Å². The Morgan fingerprint density at radius 3 is 2.58 bits per heavy atom. The summed E-state index contributed by atoms with van der Waals surface area (Å²) >= 11 is 11.4. The SMILES string of the molecule is Cc1c(Cl)cccc1NC(=S)NC(C)CCC(C)C. The van der Waals surface area contributed by atoms with Gasteiger partial charge in [0.25, 0.3) is 0 Å². The lowest BCUT2D eigenvalue weighted by atomic mass is 10.0. The van der Waals surface area contributed by atoms with Gasteiger partial charge in [0.15, 0.2) is 5.11 Å². The van der Waals surface area contributed by atoms with Gasteiger partial charge >= 0.3 is 0 Å². The number of thiocarbonyl (C=S) groups is 1. The Hall–Kier alpha value is -0.800. The van der Waals surface area contributed by atoms with Crippen LogP contribution in [0.25, 0.3) is 0 Å². The monoisotopic (exact) mass is 298 g/mol. The molecule has 0 aliphatic heterocycles. The smallest absolute Gasteiger partial charge is 0.170 e. The molecule has 0 radical (unpaired) electrons. The lowest BCUT2D eigenvalue weighted by Crippen LogP contribution is -2.36. The minimum Gasteiger partial charge on any atom is -0.360 e. The number of anilines is 1. The molecule has 4 heteroatoms. The highest BCUT2D eigenvalue weighted by molar-refractivity contribution is 7.80. The molecule has 19 heavy (non-hydrogen) atoms. The minimum absolute atomic E-state index is 0.377. The summed E-state index contributed by atoms with van der Waals surface area (Å²) in [5, 5.41) is 7.92. The van der Waals surface area contributed by atoms with E-state index in [1.54, 1.807) is 0 Å². The molecule has 0 aromatic heterocycles. The normalized spacial score (nSPS) is 12.3. The molecular weight excluding hydrogens is 276 g/mol. The van der Waals surface area contributed by atoms with Crippen molar-refractivity contribution in [2.45, 2.75) is 46.6 Å². The second-order valence-corrected chi connectivity index (χ2v) is 6.20. The third-order valence-electron chi connectivity index (χ3n) is 3.07. The quantitative estimate of drug-likeness (QED) is 0.766. The first-order valence-electron chi connectivity index (χ1n) is 6.72. The van der Waals surface area contributed by atoms with E-state index in [4.69, 9.17) is 23.8 Å². The van der Waals surface area contributed by atoms with Crippen LogP contribution >= 0.6 is 23.8 Å². The zero-order valence-corrected chi connectivity index (χ0v) is 13.7. The van der Waals surface area contributed by atoms with Crippen molar-refractivity contribution in [3.63, 3.8) is 0 Å². The Balaban J connectivity index is 2.49. The van der Waals surface area contributed by atoms with Crippen molar-refractivity contribution >= 4 is 34.6 Å². The highest BCUT2D eigenvalue weighted by Crippen LogP contribution is 2.22. The van der Waals surface area contributed by atoms with Crippen molar-refractivity contribution in [1.82, 2.24) is 5.32 Å². The number of halogens is 1. The van der Waals surface area contributed by atoms with E-state index in [0.717, 1.165) is 28.6 Å². The van der Waals surface area contributed by atoms with Crippen LogP contribution in [0.3, 0.4) is 0 Å². The average Bonchev–Trinajstić information content (AvgIpc) is 2.32. The lowest BCUT2D eigenvalue weighted by molar-refractivity contribution is 0.494. The maximum Gasteiger partial charge on any atom is 0.170 e. The zero-order chi connectivity index (χ0) is 14.4. The Morgan fingerprint density at radius 1 is 1.26 bits per heavy atom. The number of hydrogen-bond donors (Lipinski definition) is 2. The fourth-order valence-corrected chi connectivity index (χ4v) is 2.27. The largest absolute Gasteiger partial charge is 0.360 e. The third-order valence-corrected chi connectivity index (χ3v) is 3.70. The predicted octanol–water partition coefficient (Wildman–Crippen LogP) is 4.76. The maximum absolute atomic E-state index is 6.08. The summed E-state index contributed by atoms with van der Waals surface area (Å²) in [7, 11) is 0. The van der Waals surface area contributed by atoms with Gasteiger partial charge in [0.2, 0.25) is 0 Å². The molecule has 0 saturated carbocycles. The second-order valence-electron chi connectivity index (χ2n) is 5.38. The maximum atomic E-state index is 6.08. The van der Waals surface area contributed by atoms with Gasteiger partial charge in [-0.3, -0.25) is 0 Å². The molecule has 1 unspecified atom stereocenters. The third kappa shape index (κ3) is 5.79. The van der Waals surface area contributed by atoms with E-state index in [1.807, 2.05) is 25.1 Å². The molecule has 0 fully saturated rings. The molecular formula is C15H23ClN2S. The van der Waals surface area contributed by atoms with Gasteiger partial charge in [0.05, 0.1) is 0 Å². The van der Waals surface area contributed by atoms with E-state index in [1.165, 1.54) is 6.42 Å². The topological polar surface area (TPSA) is 24.1 Å². The molecule has 0 saturated heterocycles. The summed E-state index contributed by atoms with van der Waals surface area (Å²) in [5.41, 5.74) is 1.98. The predicted molar refractivity (Wildman–Crippen MR) is 89.1 cm³/mol. The van der Waals surface area contributed by atoms with E-state index < -0.39 is 0 Å². The number of hydrogen-bond acceptors (Lipinski definition) is 1. The van der Waals surface area contributed by atoms with Crippen molar-refractivity contribution in [2.75, 3.05) is 5.32 Å². The fraction of sp³-hybridized carbons (Fsp3) is 0.533. The molecule has 106 valence electrons. The van der Waals surface area contributed by atoms with E-state index in [9.17, 15) is 0 Å². The highest BCUT2D eigenvalue weighted by Gasteiger charge is 2.07. The van der Waals surface area contributed by atoms with Crippen LogP contribution in [0.1, 0.15) is 39.2 Å². The minimum atomic E-state index is 0.377. The molecule has 0 aliphatic carbocycles. The number of rotatable bonds is 5. The van der Waals surface area contributed by atoms with Crippen LogP contribution in [0.5, 0.6) is 0 Å². The van der Waals surface area contributed by atoms with Crippen LogP contribution in [0, 0.1) is 12.8 Å². The van der Waals surface area contributed by atoms with Gasteiger partial charge in [-0.25, -0.2) is 0 Å². The summed E-state index contributed by atoms with van der Waals surface area (Å²) in [6.45, 7) is 8.61. The standard InChI is InChI=1S/C15H23ClN2S/c1-10(2)8-9-11(3)17-15(19)18-14-7-5-6-13(16)12(14)4/h5-7,10-11H,8-9H2,1-4H3,(H2,17,18,19). The molecule has 0 bridgehead atoms. The number of nitrogens with one attached hydrogen (secondary N) is 2. The van der Waals surface area contributed by atoms with Crippen molar-refractivity contribution in [2.24, 2.45) is 5.92 Å². The molecule has 1 aromatic carbocycles. The molecule has 1 atom stereocenters. The van der Waals surface area contributed by atoms with Crippen LogP contribution in [0.15, 0.2) is 18.2 Å². The summed E-state index contributed by atoms with van der Waals surface area (Å²) in [6.07, 6.45) is 2.32. The van der Waals surface area contributed by atoms with Gasteiger partial charge in [-0.1, -0.05) is 31.5 Å².